The second kappa shape index (κ2) is 4.71. The van der Waals surface area contributed by atoms with E-state index in [1.54, 1.807) is 6.92 Å². The summed E-state index contributed by atoms with van der Waals surface area (Å²) < 4.78 is 0. The second-order valence-electron chi connectivity index (χ2n) is 5.44. The average molecular weight is 264 g/mol. The molecule has 2 heteroatoms. The molecule has 0 atom stereocenters. The van der Waals surface area contributed by atoms with Gasteiger partial charge in [0.05, 0.1) is 0 Å². The van der Waals surface area contributed by atoms with Crippen LogP contribution in [-0.4, -0.2) is 11.6 Å². The topological polar surface area (TPSA) is 34.1 Å². The van der Waals surface area contributed by atoms with Gasteiger partial charge in [0.2, 0.25) is 0 Å². The fraction of sp³-hybridized carbons (Fsp3) is 0.222. The van der Waals surface area contributed by atoms with Crippen LogP contribution in [0, 0.1) is 0 Å². The first-order valence-corrected chi connectivity index (χ1v) is 6.81. The van der Waals surface area contributed by atoms with Crippen LogP contribution in [0.25, 0.3) is 0 Å². The van der Waals surface area contributed by atoms with Crippen molar-refractivity contribution < 1.29 is 9.59 Å². The van der Waals surface area contributed by atoms with Gasteiger partial charge in [0, 0.05) is 23.8 Å². The molecule has 0 amide bonds. The van der Waals surface area contributed by atoms with E-state index in [-0.39, 0.29) is 17.0 Å². The number of ketones is 2. The maximum Gasteiger partial charge on any atom is 0.160 e. The van der Waals surface area contributed by atoms with Crippen LogP contribution in [0.1, 0.15) is 41.3 Å². The van der Waals surface area contributed by atoms with Gasteiger partial charge >= 0.3 is 0 Å². The minimum atomic E-state index is -0.319. The zero-order valence-electron chi connectivity index (χ0n) is 11.4. The molecule has 3 rings (SSSR count). The van der Waals surface area contributed by atoms with E-state index in [9.17, 15) is 9.59 Å². The van der Waals surface area contributed by atoms with Crippen molar-refractivity contribution in [2.75, 3.05) is 0 Å². The first kappa shape index (κ1) is 12.8. The first-order chi connectivity index (χ1) is 9.63. The third kappa shape index (κ3) is 1.88. The molecule has 1 aliphatic rings. The van der Waals surface area contributed by atoms with Gasteiger partial charge in [-0.15, -0.1) is 0 Å². The Morgan fingerprint density at radius 1 is 0.950 bits per heavy atom. The number of benzene rings is 2. The van der Waals surface area contributed by atoms with Crippen LogP contribution in [0.5, 0.6) is 0 Å². The highest BCUT2D eigenvalue weighted by Gasteiger charge is 2.47. The third-order valence-electron chi connectivity index (χ3n) is 4.15. The van der Waals surface area contributed by atoms with Crippen LogP contribution in [-0.2, 0) is 10.2 Å². The Hall–Kier alpha value is -2.22. The molecular formula is C18H16O2. The lowest BCUT2D eigenvalue weighted by molar-refractivity contribution is -0.127. The molecule has 0 radical (unpaired) electrons. The summed E-state index contributed by atoms with van der Waals surface area (Å²) in [5.41, 5.74) is 2.51. The van der Waals surface area contributed by atoms with Gasteiger partial charge in [-0.1, -0.05) is 54.6 Å². The van der Waals surface area contributed by atoms with E-state index in [0.717, 1.165) is 16.7 Å². The van der Waals surface area contributed by atoms with Crippen molar-refractivity contribution in [3.8, 4) is 0 Å². The molecule has 0 aliphatic heterocycles. The minimum Gasteiger partial charge on any atom is -0.300 e. The number of rotatable bonds is 3. The van der Waals surface area contributed by atoms with E-state index in [1.807, 2.05) is 54.6 Å². The van der Waals surface area contributed by atoms with Gasteiger partial charge in [0.1, 0.15) is 5.78 Å². The summed E-state index contributed by atoms with van der Waals surface area (Å²) >= 11 is 0. The third-order valence-corrected chi connectivity index (χ3v) is 4.15. The van der Waals surface area contributed by atoms with E-state index in [4.69, 9.17) is 0 Å². The standard InChI is InChI=1S/C18H16O2/c1-13(19)16-9-5-6-10-17(16)18(11-15(20)12-18)14-7-3-2-4-8-14/h2-10H,11-12H2,1H3. The number of Topliss-reactive ketones (excluding diaryl/α,β-unsaturated/α-hetero) is 2. The fourth-order valence-electron chi connectivity index (χ4n) is 3.14. The predicted molar refractivity (Wildman–Crippen MR) is 77.9 cm³/mol. The number of carbonyl (C=O) groups is 2. The Morgan fingerprint density at radius 2 is 1.55 bits per heavy atom. The molecule has 0 heterocycles. The van der Waals surface area contributed by atoms with Crippen molar-refractivity contribution >= 4 is 11.6 Å². The Morgan fingerprint density at radius 3 is 2.15 bits per heavy atom. The van der Waals surface area contributed by atoms with Crippen molar-refractivity contribution in [3.05, 3.63) is 71.3 Å². The monoisotopic (exact) mass is 264 g/mol. The zero-order valence-corrected chi connectivity index (χ0v) is 11.4. The Labute approximate surface area is 118 Å². The summed E-state index contributed by atoms with van der Waals surface area (Å²) in [6.07, 6.45) is 0.975. The highest BCUT2D eigenvalue weighted by Crippen LogP contribution is 2.48. The summed E-state index contributed by atoms with van der Waals surface area (Å²) in [5, 5.41) is 0. The van der Waals surface area contributed by atoms with Crippen LogP contribution >= 0.6 is 0 Å². The van der Waals surface area contributed by atoms with Crippen molar-refractivity contribution in [2.24, 2.45) is 0 Å². The lowest BCUT2D eigenvalue weighted by atomic mass is 9.59. The van der Waals surface area contributed by atoms with Crippen LogP contribution in [0.4, 0.5) is 0 Å². The molecule has 0 N–H and O–H groups in total. The molecule has 0 spiro atoms. The molecule has 0 bridgehead atoms. The number of hydrogen-bond acceptors (Lipinski definition) is 2. The molecule has 20 heavy (non-hydrogen) atoms. The van der Waals surface area contributed by atoms with Gasteiger partial charge in [-0.3, -0.25) is 9.59 Å². The second-order valence-corrected chi connectivity index (χ2v) is 5.44. The van der Waals surface area contributed by atoms with Crippen LogP contribution < -0.4 is 0 Å². The quantitative estimate of drug-likeness (QED) is 0.795. The number of hydrogen-bond donors (Lipinski definition) is 0. The summed E-state index contributed by atoms with van der Waals surface area (Å²) in [5.74, 6) is 0.308. The fourth-order valence-corrected chi connectivity index (χ4v) is 3.14. The van der Waals surface area contributed by atoms with Gasteiger partial charge < -0.3 is 0 Å². The molecular weight excluding hydrogens is 248 g/mol. The maximum atomic E-state index is 11.9. The van der Waals surface area contributed by atoms with Crippen molar-refractivity contribution in [2.45, 2.75) is 25.2 Å². The SMILES string of the molecule is CC(=O)c1ccccc1C1(c2ccccc2)CC(=O)C1. The molecule has 1 saturated carbocycles. The lowest BCUT2D eigenvalue weighted by Gasteiger charge is -2.42. The summed E-state index contributed by atoms with van der Waals surface area (Å²) in [6.45, 7) is 1.58. The summed E-state index contributed by atoms with van der Waals surface area (Å²) in [4.78, 5) is 23.5. The highest BCUT2D eigenvalue weighted by molar-refractivity contribution is 5.98. The smallest absolute Gasteiger partial charge is 0.160 e. The molecule has 1 aliphatic carbocycles. The van der Waals surface area contributed by atoms with Crippen LogP contribution in [0.15, 0.2) is 54.6 Å². The highest BCUT2D eigenvalue weighted by atomic mass is 16.1. The lowest BCUT2D eigenvalue weighted by Crippen LogP contribution is -2.43. The Balaban J connectivity index is 2.18. The zero-order chi connectivity index (χ0) is 14.2. The van der Waals surface area contributed by atoms with Crippen molar-refractivity contribution in [1.82, 2.24) is 0 Å². The normalized spacial score (nSPS) is 16.6. The Kier molecular flexibility index (Phi) is 3.01. The molecule has 0 saturated heterocycles. The maximum absolute atomic E-state index is 11.9. The molecule has 1 fully saturated rings. The van der Waals surface area contributed by atoms with E-state index >= 15 is 0 Å². The molecule has 2 aromatic carbocycles. The van der Waals surface area contributed by atoms with Gasteiger partial charge in [-0.05, 0) is 18.1 Å². The van der Waals surface area contributed by atoms with Crippen LogP contribution in [0.2, 0.25) is 0 Å². The van der Waals surface area contributed by atoms with Crippen molar-refractivity contribution in [1.29, 1.82) is 0 Å². The van der Waals surface area contributed by atoms with Gasteiger partial charge in [0.15, 0.2) is 5.78 Å². The molecule has 2 aromatic rings. The largest absolute Gasteiger partial charge is 0.300 e. The van der Waals surface area contributed by atoms with E-state index in [1.165, 1.54) is 0 Å². The van der Waals surface area contributed by atoms with Gasteiger partial charge in [0.25, 0.3) is 0 Å². The van der Waals surface area contributed by atoms with Gasteiger partial charge in [-0.25, -0.2) is 0 Å². The summed E-state index contributed by atoms with van der Waals surface area (Å²) in [6, 6.07) is 17.7. The molecule has 0 aromatic heterocycles. The van der Waals surface area contributed by atoms with Crippen LogP contribution in [0.3, 0.4) is 0 Å². The molecule has 2 nitrogen and oxygen atoms in total. The average Bonchev–Trinajstić information content (AvgIpc) is 2.44. The van der Waals surface area contributed by atoms with E-state index < -0.39 is 0 Å². The first-order valence-electron chi connectivity index (χ1n) is 6.81. The number of carbonyl (C=O) groups excluding carboxylic acids is 2. The van der Waals surface area contributed by atoms with Crippen molar-refractivity contribution in [3.63, 3.8) is 0 Å². The molecule has 0 unspecified atom stereocenters. The van der Waals surface area contributed by atoms with E-state index in [0.29, 0.717) is 12.8 Å². The Bertz CT molecular complexity index is 663. The van der Waals surface area contributed by atoms with E-state index in [2.05, 4.69) is 0 Å². The van der Waals surface area contributed by atoms with Gasteiger partial charge in [-0.2, -0.15) is 0 Å². The summed E-state index contributed by atoms with van der Waals surface area (Å²) in [7, 11) is 0. The molecule has 100 valence electrons. The minimum absolute atomic E-state index is 0.0512. The predicted octanol–water partition coefficient (Wildman–Crippen LogP) is 3.54.